The number of anilines is 2. The molecule has 1 atom stereocenters. The van der Waals surface area contributed by atoms with Gasteiger partial charge in [-0.3, -0.25) is 0 Å². The van der Waals surface area contributed by atoms with Crippen LogP contribution < -0.4 is 10.2 Å². The van der Waals surface area contributed by atoms with Gasteiger partial charge in [-0.2, -0.15) is 0 Å². The summed E-state index contributed by atoms with van der Waals surface area (Å²) < 4.78 is 14.0. The molecule has 0 spiro atoms. The van der Waals surface area contributed by atoms with Gasteiger partial charge in [0.05, 0.1) is 5.69 Å². The first-order chi connectivity index (χ1) is 9.11. The van der Waals surface area contributed by atoms with E-state index < -0.39 is 12.0 Å². The van der Waals surface area contributed by atoms with Crippen LogP contribution >= 0.6 is 0 Å². The highest BCUT2D eigenvalue weighted by atomic mass is 19.1. The number of carboxylic acids is 1. The van der Waals surface area contributed by atoms with Gasteiger partial charge in [0.25, 0.3) is 0 Å². The van der Waals surface area contributed by atoms with E-state index in [1.165, 1.54) is 6.07 Å². The topological polar surface area (TPSA) is 52.6 Å². The van der Waals surface area contributed by atoms with E-state index in [0.717, 1.165) is 25.9 Å². The minimum atomic E-state index is -0.925. The molecular weight excluding hydrogens is 247 g/mol. The molecule has 1 saturated heterocycles. The summed E-state index contributed by atoms with van der Waals surface area (Å²) in [7, 11) is 0. The van der Waals surface area contributed by atoms with Crippen LogP contribution in [0.4, 0.5) is 15.8 Å². The van der Waals surface area contributed by atoms with Crippen molar-refractivity contribution in [2.45, 2.75) is 32.2 Å². The van der Waals surface area contributed by atoms with Crippen molar-refractivity contribution in [1.82, 2.24) is 0 Å². The standard InChI is InChI=1S/C14H19FN2O2/c1-2-12(14(18)19)16-10-5-6-13(11(15)9-10)17-7-3-4-8-17/h5-6,9,12,16H,2-4,7-8H2,1H3,(H,18,19). The highest BCUT2D eigenvalue weighted by Crippen LogP contribution is 2.26. The second kappa shape index (κ2) is 5.91. The predicted molar refractivity (Wildman–Crippen MR) is 73.2 cm³/mol. The van der Waals surface area contributed by atoms with Crippen LogP contribution in [0.2, 0.25) is 0 Å². The number of carbonyl (C=O) groups is 1. The summed E-state index contributed by atoms with van der Waals surface area (Å²) in [6.07, 6.45) is 2.64. The van der Waals surface area contributed by atoms with Gasteiger partial charge in [0, 0.05) is 18.8 Å². The molecule has 0 radical (unpaired) electrons. The van der Waals surface area contributed by atoms with E-state index in [4.69, 9.17) is 5.11 Å². The van der Waals surface area contributed by atoms with Crippen LogP contribution in [0.1, 0.15) is 26.2 Å². The molecule has 1 heterocycles. The zero-order valence-electron chi connectivity index (χ0n) is 11.0. The molecule has 0 aromatic heterocycles. The molecule has 19 heavy (non-hydrogen) atoms. The SMILES string of the molecule is CCC(Nc1ccc(N2CCCC2)c(F)c1)C(=O)O. The van der Waals surface area contributed by atoms with Crippen LogP contribution in [0.3, 0.4) is 0 Å². The minimum Gasteiger partial charge on any atom is -0.480 e. The van der Waals surface area contributed by atoms with Crippen LogP contribution in [0, 0.1) is 5.82 Å². The molecule has 5 heteroatoms. The Morgan fingerprint density at radius 3 is 2.68 bits per heavy atom. The normalized spacial score (nSPS) is 16.4. The fraction of sp³-hybridized carbons (Fsp3) is 0.500. The molecule has 1 unspecified atom stereocenters. The Morgan fingerprint density at radius 2 is 2.16 bits per heavy atom. The number of hydrogen-bond acceptors (Lipinski definition) is 3. The van der Waals surface area contributed by atoms with Crippen molar-refractivity contribution in [2.75, 3.05) is 23.3 Å². The predicted octanol–water partition coefficient (Wildman–Crippen LogP) is 2.70. The van der Waals surface area contributed by atoms with Gasteiger partial charge >= 0.3 is 5.97 Å². The average Bonchev–Trinajstić information content (AvgIpc) is 2.89. The van der Waals surface area contributed by atoms with E-state index in [2.05, 4.69) is 5.32 Å². The Kier molecular flexibility index (Phi) is 4.24. The average molecular weight is 266 g/mol. The fourth-order valence-corrected chi connectivity index (χ4v) is 2.35. The van der Waals surface area contributed by atoms with E-state index >= 15 is 0 Å². The fourth-order valence-electron chi connectivity index (χ4n) is 2.35. The number of hydrogen-bond donors (Lipinski definition) is 2. The summed E-state index contributed by atoms with van der Waals surface area (Å²) >= 11 is 0. The lowest BCUT2D eigenvalue weighted by Gasteiger charge is -2.20. The molecule has 0 aliphatic carbocycles. The summed E-state index contributed by atoms with van der Waals surface area (Å²) in [4.78, 5) is 13.0. The van der Waals surface area contributed by atoms with Crippen molar-refractivity contribution in [3.8, 4) is 0 Å². The van der Waals surface area contributed by atoms with Crippen molar-refractivity contribution >= 4 is 17.3 Å². The number of carboxylic acid groups (broad SMARTS) is 1. The van der Waals surface area contributed by atoms with Crippen molar-refractivity contribution in [2.24, 2.45) is 0 Å². The number of halogens is 1. The van der Waals surface area contributed by atoms with Gasteiger partial charge in [-0.25, -0.2) is 9.18 Å². The largest absolute Gasteiger partial charge is 0.480 e. The first-order valence-corrected chi connectivity index (χ1v) is 6.65. The molecule has 104 valence electrons. The second-order valence-electron chi connectivity index (χ2n) is 4.80. The third-order valence-electron chi connectivity index (χ3n) is 3.44. The Hall–Kier alpha value is -1.78. The lowest BCUT2D eigenvalue weighted by atomic mass is 10.2. The highest BCUT2D eigenvalue weighted by Gasteiger charge is 2.18. The van der Waals surface area contributed by atoms with E-state index in [9.17, 15) is 9.18 Å². The summed E-state index contributed by atoms with van der Waals surface area (Å²) in [5, 5.41) is 11.8. The minimum absolute atomic E-state index is 0.299. The molecule has 1 aliphatic rings. The Balaban J connectivity index is 2.11. The maximum atomic E-state index is 14.0. The molecule has 4 nitrogen and oxygen atoms in total. The second-order valence-corrected chi connectivity index (χ2v) is 4.80. The van der Waals surface area contributed by atoms with Gasteiger partial charge in [-0.1, -0.05) is 6.92 Å². The third-order valence-corrected chi connectivity index (χ3v) is 3.44. The monoisotopic (exact) mass is 266 g/mol. The summed E-state index contributed by atoms with van der Waals surface area (Å²) in [5.41, 5.74) is 1.11. The molecular formula is C14H19FN2O2. The first-order valence-electron chi connectivity index (χ1n) is 6.65. The van der Waals surface area contributed by atoms with E-state index in [1.54, 1.807) is 19.1 Å². The maximum absolute atomic E-state index is 14.0. The van der Waals surface area contributed by atoms with Crippen LogP contribution in [0.15, 0.2) is 18.2 Å². The van der Waals surface area contributed by atoms with Crippen molar-refractivity contribution in [3.05, 3.63) is 24.0 Å². The Bertz CT molecular complexity index is 459. The van der Waals surface area contributed by atoms with Gasteiger partial charge in [0.2, 0.25) is 0 Å². The lowest BCUT2D eigenvalue weighted by Crippen LogP contribution is -2.28. The van der Waals surface area contributed by atoms with Crippen molar-refractivity contribution in [3.63, 3.8) is 0 Å². The van der Waals surface area contributed by atoms with Crippen LogP contribution in [-0.2, 0) is 4.79 Å². The lowest BCUT2D eigenvalue weighted by molar-refractivity contribution is -0.137. The van der Waals surface area contributed by atoms with E-state index in [0.29, 0.717) is 17.8 Å². The number of nitrogens with one attached hydrogen (secondary N) is 1. The zero-order valence-corrected chi connectivity index (χ0v) is 11.0. The van der Waals surface area contributed by atoms with E-state index in [1.807, 2.05) is 4.90 Å². The first kappa shape index (κ1) is 13.6. The number of aliphatic carboxylic acids is 1. The molecule has 0 saturated carbocycles. The van der Waals surface area contributed by atoms with Gasteiger partial charge in [-0.05, 0) is 37.5 Å². The molecule has 1 aromatic carbocycles. The van der Waals surface area contributed by atoms with Gasteiger partial charge < -0.3 is 15.3 Å². The number of nitrogens with zero attached hydrogens (tertiary/aromatic N) is 1. The molecule has 1 aromatic rings. The van der Waals surface area contributed by atoms with Gasteiger partial charge in [-0.15, -0.1) is 0 Å². The van der Waals surface area contributed by atoms with E-state index in [-0.39, 0.29) is 5.82 Å². The van der Waals surface area contributed by atoms with Crippen LogP contribution in [-0.4, -0.2) is 30.2 Å². The summed E-state index contributed by atoms with van der Waals surface area (Å²) in [6.45, 7) is 3.55. The summed E-state index contributed by atoms with van der Waals surface area (Å²) in [6, 6.07) is 4.15. The van der Waals surface area contributed by atoms with Gasteiger partial charge in [0.1, 0.15) is 11.9 Å². The van der Waals surface area contributed by atoms with Crippen molar-refractivity contribution in [1.29, 1.82) is 0 Å². The summed E-state index contributed by atoms with van der Waals surface area (Å²) in [5.74, 6) is -1.22. The smallest absolute Gasteiger partial charge is 0.326 e. The molecule has 1 aliphatic heterocycles. The third kappa shape index (κ3) is 3.16. The highest BCUT2D eigenvalue weighted by molar-refractivity contribution is 5.77. The molecule has 1 fully saturated rings. The van der Waals surface area contributed by atoms with Crippen molar-refractivity contribution < 1.29 is 14.3 Å². The Labute approximate surface area is 112 Å². The number of rotatable bonds is 5. The molecule has 0 amide bonds. The van der Waals surface area contributed by atoms with Gasteiger partial charge in [0.15, 0.2) is 0 Å². The molecule has 2 N–H and O–H groups in total. The molecule has 2 rings (SSSR count). The number of benzene rings is 1. The Morgan fingerprint density at radius 1 is 1.47 bits per heavy atom. The van der Waals surface area contributed by atoms with Crippen LogP contribution in [0.5, 0.6) is 0 Å². The maximum Gasteiger partial charge on any atom is 0.326 e. The van der Waals surface area contributed by atoms with Crippen LogP contribution in [0.25, 0.3) is 0 Å². The molecule has 0 bridgehead atoms. The zero-order chi connectivity index (χ0) is 13.8. The quantitative estimate of drug-likeness (QED) is 0.860.